The molecule has 1 aliphatic carbocycles. The fraction of sp³-hybridized carbons (Fsp3) is 0.667. The minimum absolute atomic E-state index is 0.351. The second-order valence-corrected chi connectivity index (χ2v) is 5.52. The quantitative estimate of drug-likeness (QED) is 0.879. The number of pyridine rings is 1. The molecule has 1 aliphatic heterocycles. The van der Waals surface area contributed by atoms with Gasteiger partial charge in [0, 0.05) is 31.9 Å². The van der Waals surface area contributed by atoms with E-state index in [1.165, 1.54) is 18.4 Å². The van der Waals surface area contributed by atoms with Crippen LogP contribution in [-0.4, -0.2) is 36.8 Å². The highest BCUT2D eigenvalue weighted by atomic mass is 16.5. The third kappa shape index (κ3) is 3.45. The molecule has 104 valence electrons. The van der Waals surface area contributed by atoms with Gasteiger partial charge in [-0.15, -0.1) is 0 Å². The zero-order valence-electron chi connectivity index (χ0n) is 11.6. The van der Waals surface area contributed by atoms with Gasteiger partial charge >= 0.3 is 0 Å². The van der Waals surface area contributed by atoms with Gasteiger partial charge in [-0.2, -0.15) is 0 Å². The van der Waals surface area contributed by atoms with Crippen molar-refractivity contribution in [3.05, 3.63) is 23.9 Å². The zero-order chi connectivity index (χ0) is 13.1. The van der Waals surface area contributed by atoms with Crippen molar-refractivity contribution in [2.45, 2.75) is 44.9 Å². The lowest BCUT2D eigenvalue weighted by Gasteiger charge is -2.33. The van der Waals surface area contributed by atoms with Crippen LogP contribution in [0.5, 0.6) is 0 Å². The van der Waals surface area contributed by atoms with Gasteiger partial charge in [-0.25, -0.2) is 4.98 Å². The lowest BCUT2D eigenvalue weighted by molar-refractivity contribution is 0.0381. The Morgan fingerprint density at radius 2 is 2.37 bits per heavy atom. The van der Waals surface area contributed by atoms with Gasteiger partial charge in [0.25, 0.3) is 0 Å². The second-order valence-electron chi connectivity index (χ2n) is 5.52. The molecule has 2 aliphatic rings. The summed E-state index contributed by atoms with van der Waals surface area (Å²) in [7, 11) is 0. The van der Waals surface area contributed by atoms with E-state index in [1.807, 2.05) is 6.20 Å². The normalized spacial score (nSPS) is 23.6. The van der Waals surface area contributed by atoms with Crippen LogP contribution in [0.25, 0.3) is 0 Å². The SMILES string of the molecule is CCC1CN(c2cc(CNC3CC3)ccn2)CCO1. The lowest BCUT2D eigenvalue weighted by atomic mass is 10.2. The molecular formula is C15H23N3O. The van der Waals surface area contributed by atoms with Crippen LogP contribution in [0.2, 0.25) is 0 Å². The summed E-state index contributed by atoms with van der Waals surface area (Å²) in [4.78, 5) is 6.86. The van der Waals surface area contributed by atoms with Crippen molar-refractivity contribution in [1.29, 1.82) is 0 Å². The van der Waals surface area contributed by atoms with E-state index in [1.54, 1.807) is 0 Å². The van der Waals surface area contributed by atoms with Crippen LogP contribution < -0.4 is 10.2 Å². The molecule has 19 heavy (non-hydrogen) atoms. The molecule has 0 bridgehead atoms. The number of rotatable bonds is 5. The molecule has 1 unspecified atom stereocenters. The summed E-state index contributed by atoms with van der Waals surface area (Å²) < 4.78 is 5.71. The molecule has 1 saturated carbocycles. The Labute approximate surface area is 115 Å². The van der Waals surface area contributed by atoms with Crippen molar-refractivity contribution in [3.63, 3.8) is 0 Å². The number of morpholine rings is 1. The van der Waals surface area contributed by atoms with Crippen molar-refractivity contribution < 1.29 is 4.74 Å². The van der Waals surface area contributed by atoms with Crippen molar-refractivity contribution in [2.75, 3.05) is 24.6 Å². The minimum Gasteiger partial charge on any atom is -0.375 e. The second kappa shape index (κ2) is 5.88. The summed E-state index contributed by atoms with van der Waals surface area (Å²) in [6.45, 7) is 5.86. The average Bonchev–Trinajstić information content (AvgIpc) is 3.30. The summed E-state index contributed by atoms with van der Waals surface area (Å²) in [5.41, 5.74) is 1.33. The molecule has 1 saturated heterocycles. The Bertz CT molecular complexity index is 420. The van der Waals surface area contributed by atoms with E-state index in [2.05, 4.69) is 34.3 Å². The maximum absolute atomic E-state index is 5.71. The van der Waals surface area contributed by atoms with Crippen LogP contribution in [-0.2, 0) is 11.3 Å². The third-order valence-corrected chi connectivity index (χ3v) is 3.90. The lowest BCUT2D eigenvalue weighted by Crippen LogP contribution is -2.42. The van der Waals surface area contributed by atoms with Crippen LogP contribution in [0, 0.1) is 0 Å². The first kappa shape index (κ1) is 12.9. The first-order valence-electron chi connectivity index (χ1n) is 7.40. The molecular weight excluding hydrogens is 238 g/mol. The van der Waals surface area contributed by atoms with Crippen LogP contribution in [0.15, 0.2) is 18.3 Å². The van der Waals surface area contributed by atoms with Crippen LogP contribution in [0.4, 0.5) is 5.82 Å². The van der Waals surface area contributed by atoms with Gasteiger partial charge in [-0.1, -0.05) is 6.92 Å². The van der Waals surface area contributed by atoms with Crippen molar-refractivity contribution in [2.24, 2.45) is 0 Å². The summed E-state index contributed by atoms with van der Waals surface area (Å²) in [5.74, 6) is 1.09. The van der Waals surface area contributed by atoms with E-state index in [9.17, 15) is 0 Å². The number of nitrogens with one attached hydrogen (secondary N) is 1. The topological polar surface area (TPSA) is 37.4 Å². The predicted octanol–water partition coefficient (Wildman–Crippen LogP) is 1.95. The molecule has 4 nitrogen and oxygen atoms in total. The van der Waals surface area contributed by atoms with E-state index in [4.69, 9.17) is 4.74 Å². The van der Waals surface area contributed by atoms with E-state index < -0.39 is 0 Å². The standard InChI is InChI=1S/C15H23N3O/c1-2-14-11-18(7-8-19-14)15-9-12(5-6-16-15)10-17-13-3-4-13/h5-6,9,13-14,17H,2-4,7-8,10-11H2,1H3. The molecule has 0 spiro atoms. The number of nitrogens with zero attached hydrogens (tertiary/aromatic N) is 2. The van der Waals surface area contributed by atoms with Gasteiger partial charge in [0.05, 0.1) is 12.7 Å². The van der Waals surface area contributed by atoms with Crippen molar-refractivity contribution in [3.8, 4) is 0 Å². The van der Waals surface area contributed by atoms with E-state index in [-0.39, 0.29) is 0 Å². The van der Waals surface area contributed by atoms with Crippen LogP contribution >= 0.6 is 0 Å². The first-order valence-corrected chi connectivity index (χ1v) is 7.40. The molecule has 0 radical (unpaired) electrons. The van der Waals surface area contributed by atoms with Crippen LogP contribution in [0.3, 0.4) is 0 Å². The van der Waals surface area contributed by atoms with Gasteiger partial charge in [-0.05, 0) is 37.0 Å². The van der Waals surface area contributed by atoms with E-state index in [0.29, 0.717) is 6.10 Å². The van der Waals surface area contributed by atoms with Gasteiger partial charge in [-0.3, -0.25) is 0 Å². The minimum atomic E-state index is 0.351. The highest BCUT2D eigenvalue weighted by Crippen LogP contribution is 2.21. The Hall–Kier alpha value is -1.13. The van der Waals surface area contributed by atoms with Crippen molar-refractivity contribution >= 4 is 5.82 Å². The third-order valence-electron chi connectivity index (χ3n) is 3.90. The molecule has 1 atom stereocenters. The zero-order valence-corrected chi connectivity index (χ0v) is 11.6. The Morgan fingerprint density at radius 1 is 1.47 bits per heavy atom. The number of ether oxygens (including phenoxy) is 1. The van der Waals surface area contributed by atoms with E-state index >= 15 is 0 Å². The maximum Gasteiger partial charge on any atom is 0.128 e. The number of aromatic nitrogens is 1. The first-order chi connectivity index (χ1) is 9.35. The molecule has 2 fully saturated rings. The highest BCUT2D eigenvalue weighted by Gasteiger charge is 2.21. The van der Waals surface area contributed by atoms with Gasteiger partial charge in [0.15, 0.2) is 0 Å². The molecule has 3 rings (SSSR count). The molecule has 4 heteroatoms. The molecule has 1 aromatic heterocycles. The summed E-state index contributed by atoms with van der Waals surface area (Å²) in [5, 5.41) is 3.55. The summed E-state index contributed by atoms with van der Waals surface area (Å²) in [6.07, 6.45) is 6.01. The van der Waals surface area contributed by atoms with Gasteiger partial charge in [0.2, 0.25) is 0 Å². The Balaban J connectivity index is 1.63. The Kier molecular flexibility index (Phi) is 3.99. The summed E-state index contributed by atoms with van der Waals surface area (Å²) >= 11 is 0. The maximum atomic E-state index is 5.71. The molecule has 0 amide bonds. The number of hydrogen-bond donors (Lipinski definition) is 1. The number of anilines is 1. The molecule has 0 aromatic carbocycles. The van der Waals surface area contributed by atoms with Gasteiger partial charge < -0.3 is 15.0 Å². The fourth-order valence-electron chi connectivity index (χ4n) is 2.47. The summed E-state index contributed by atoms with van der Waals surface area (Å²) in [6, 6.07) is 5.08. The van der Waals surface area contributed by atoms with Crippen molar-refractivity contribution in [1.82, 2.24) is 10.3 Å². The monoisotopic (exact) mass is 261 g/mol. The largest absolute Gasteiger partial charge is 0.375 e. The molecule has 1 aromatic rings. The fourth-order valence-corrected chi connectivity index (χ4v) is 2.47. The van der Waals surface area contributed by atoms with Gasteiger partial charge in [0.1, 0.15) is 5.82 Å². The molecule has 2 heterocycles. The predicted molar refractivity (Wildman–Crippen MR) is 76.3 cm³/mol. The van der Waals surface area contributed by atoms with E-state index in [0.717, 1.165) is 44.5 Å². The van der Waals surface area contributed by atoms with Crippen LogP contribution in [0.1, 0.15) is 31.7 Å². The molecule has 1 N–H and O–H groups in total. The number of hydrogen-bond acceptors (Lipinski definition) is 4. The Morgan fingerprint density at radius 3 is 3.16 bits per heavy atom. The smallest absolute Gasteiger partial charge is 0.128 e. The highest BCUT2D eigenvalue weighted by molar-refractivity contribution is 5.41. The average molecular weight is 261 g/mol.